The quantitative estimate of drug-likeness (QED) is 0.796. The Morgan fingerprint density at radius 3 is 1.90 bits per heavy atom. The van der Waals surface area contributed by atoms with E-state index in [9.17, 15) is 4.79 Å². The summed E-state index contributed by atoms with van der Waals surface area (Å²) in [5.41, 5.74) is 3.22. The fraction of sp³-hybridized carbons (Fsp3) is 0.435. The lowest BCUT2D eigenvalue weighted by Gasteiger charge is -2.37. The molecular formula is C23H30N4O2. The number of likely N-dealkylation sites (N-methyl/N-ethyl adjacent to an activating group) is 1. The van der Waals surface area contributed by atoms with Crippen LogP contribution in [0.25, 0.3) is 0 Å². The average molecular weight is 395 g/mol. The molecule has 0 radical (unpaired) electrons. The van der Waals surface area contributed by atoms with Gasteiger partial charge in [0.25, 0.3) is 5.91 Å². The predicted molar refractivity (Wildman–Crippen MR) is 117 cm³/mol. The van der Waals surface area contributed by atoms with Gasteiger partial charge in [-0.05, 0) is 49.5 Å². The van der Waals surface area contributed by atoms with Crippen molar-refractivity contribution in [2.75, 3.05) is 76.3 Å². The minimum absolute atomic E-state index is 0.0777. The summed E-state index contributed by atoms with van der Waals surface area (Å²) in [6.07, 6.45) is 0. The van der Waals surface area contributed by atoms with Crippen LogP contribution in [0, 0.1) is 0 Å². The van der Waals surface area contributed by atoms with E-state index in [2.05, 4.69) is 46.0 Å². The summed E-state index contributed by atoms with van der Waals surface area (Å²) in [4.78, 5) is 21.9. The molecule has 2 saturated heterocycles. The number of piperazine rings is 2. The molecule has 0 aromatic heterocycles. The van der Waals surface area contributed by atoms with Gasteiger partial charge in [0.05, 0.1) is 7.11 Å². The van der Waals surface area contributed by atoms with Crippen molar-refractivity contribution in [3.8, 4) is 5.75 Å². The first-order valence-corrected chi connectivity index (χ1v) is 10.4. The van der Waals surface area contributed by atoms with E-state index in [0.717, 1.165) is 58.1 Å². The van der Waals surface area contributed by atoms with Crippen LogP contribution in [-0.4, -0.2) is 82.2 Å². The SMILES string of the molecule is COc1cccc(C(=O)N2CCN(c3ccc(N4CCN(C)CC4)cc3)CC2)c1. The normalized spacial score (nSPS) is 18.1. The Bertz CT molecular complexity index is 823. The van der Waals surface area contributed by atoms with E-state index in [4.69, 9.17) is 4.74 Å². The maximum absolute atomic E-state index is 12.8. The van der Waals surface area contributed by atoms with Crippen LogP contribution >= 0.6 is 0 Å². The highest BCUT2D eigenvalue weighted by molar-refractivity contribution is 5.94. The molecule has 0 spiro atoms. The van der Waals surface area contributed by atoms with Gasteiger partial charge in [-0.3, -0.25) is 4.79 Å². The molecule has 0 unspecified atom stereocenters. The van der Waals surface area contributed by atoms with E-state index < -0.39 is 0 Å². The molecule has 0 bridgehead atoms. The van der Waals surface area contributed by atoms with Gasteiger partial charge in [-0.2, -0.15) is 0 Å². The predicted octanol–water partition coefficient (Wildman–Crippen LogP) is 2.41. The molecule has 2 aliphatic heterocycles. The molecule has 6 nitrogen and oxygen atoms in total. The fourth-order valence-corrected chi connectivity index (χ4v) is 4.05. The van der Waals surface area contributed by atoms with Gasteiger partial charge in [0.15, 0.2) is 0 Å². The number of anilines is 2. The third-order valence-corrected chi connectivity index (χ3v) is 5.97. The number of methoxy groups -OCH3 is 1. The maximum atomic E-state index is 12.8. The number of carbonyl (C=O) groups is 1. The first-order valence-electron chi connectivity index (χ1n) is 10.4. The minimum Gasteiger partial charge on any atom is -0.497 e. The van der Waals surface area contributed by atoms with E-state index in [-0.39, 0.29) is 5.91 Å². The highest BCUT2D eigenvalue weighted by atomic mass is 16.5. The van der Waals surface area contributed by atoms with Gasteiger partial charge in [-0.15, -0.1) is 0 Å². The standard InChI is InChI=1S/C23H30N4O2/c1-24-10-12-25(13-11-24)20-6-8-21(9-7-20)26-14-16-27(17-15-26)23(28)19-4-3-5-22(18-19)29-2/h3-9,18H,10-17H2,1-2H3. The number of nitrogens with zero attached hydrogens (tertiary/aromatic N) is 4. The number of hydrogen-bond donors (Lipinski definition) is 0. The first kappa shape index (κ1) is 19.6. The van der Waals surface area contributed by atoms with E-state index >= 15 is 0 Å². The second-order valence-corrected chi connectivity index (χ2v) is 7.82. The summed E-state index contributed by atoms with van der Waals surface area (Å²) in [6, 6.07) is 16.3. The van der Waals surface area contributed by atoms with E-state index in [1.165, 1.54) is 11.4 Å². The Balaban J connectivity index is 1.34. The summed E-state index contributed by atoms with van der Waals surface area (Å²) in [6.45, 7) is 7.57. The number of ether oxygens (including phenoxy) is 1. The van der Waals surface area contributed by atoms with Gasteiger partial charge in [-0.1, -0.05) is 6.07 Å². The zero-order chi connectivity index (χ0) is 20.2. The molecule has 2 aliphatic rings. The Morgan fingerprint density at radius 2 is 1.34 bits per heavy atom. The molecular weight excluding hydrogens is 364 g/mol. The van der Waals surface area contributed by atoms with Crippen LogP contribution in [-0.2, 0) is 0 Å². The van der Waals surface area contributed by atoms with Crippen LogP contribution < -0.4 is 14.5 Å². The van der Waals surface area contributed by atoms with Crippen molar-refractivity contribution in [1.82, 2.24) is 9.80 Å². The lowest BCUT2D eigenvalue weighted by molar-refractivity contribution is 0.0746. The summed E-state index contributed by atoms with van der Waals surface area (Å²) in [5, 5.41) is 0. The van der Waals surface area contributed by atoms with Crippen molar-refractivity contribution in [2.24, 2.45) is 0 Å². The Morgan fingerprint density at radius 1 is 0.793 bits per heavy atom. The molecule has 29 heavy (non-hydrogen) atoms. The average Bonchev–Trinajstić information content (AvgIpc) is 2.79. The van der Waals surface area contributed by atoms with Crippen molar-refractivity contribution in [2.45, 2.75) is 0 Å². The molecule has 1 amide bonds. The molecule has 2 aromatic carbocycles. The Kier molecular flexibility index (Phi) is 5.90. The van der Waals surface area contributed by atoms with Gasteiger partial charge in [-0.25, -0.2) is 0 Å². The molecule has 2 heterocycles. The molecule has 154 valence electrons. The number of hydrogen-bond acceptors (Lipinski definition) is 5. The van der Waals surface area contributed by atoms with Crippen molar-refractivity contribution >= 4 is 17.3 Å². The monoisotopic (exact) mass is 394 g/mol. The van der Waals surface area contributed by atoms with Gasteiger partial charge in [0.1, 0.15) is 5.75 Å². The summed E-state index contributed by atoms with van der Waals surface area (Å²) < 4.78 is 5.24. The summed E-state index contributed by atoms with van der Waals surface area (Å²) in [7, 11) is 3.80. The van der Waals surface area contributed by atoms with Gasteiger partial charge < -0.3 is 24.3 Å². The number of carbonyl (C=O) groups excluding carboxylic acids is 1. The van der Waals surface area contributed by atoms with Crippen LogP contribution in [0.1, 0.15) is 10.4 Å². The van der Waals surface area contributed by atoms with Gasteiger partial charge in [0, 0.05) is 69.3 Å². The van der Waals surface area contributed by atoms with Crippen molar-refractivity contribution < 1.29 is 9.53 Å². The molecule has 0 atom stereocenters. The van der Waals surface area contributed by atoms with Gasteiger partial charge >= 0.3 is 0 Å². The number of benzene rings is 2. The first-order chi connectivity index (χ1) is 14.1. The molecule has 0 aliphatic carbocycles. The number of amides is 1. The van der Waals surface area contributed by atoms with Crippen LogP contribution in [0.15, 0.2) is 48.5 Å². The molecule has 0 saturated carbocycles. The lowest BCUT2D eigenvalue weighted by atomic mass is 10.1. The third-order valence-electron chi connectivity index (χ3n) is 5.97. The van der Waals surface area contributed by atoms with Crippen LogP contribution in [0.5, 0.6) is 5.75 Å². The van der Waals surface area contributed by atoms with E-state index in [0.29, 0.717) is 5.56 Å². The van der Waals surface area contributed by atoms with Crippen molar-refractivity contribution in [3.63, 3.8) is 0 Å². The molecule has 2 fully saturated rings. The van der Waals surface area contributed by atoms with Crippen LogP contribution in [0.3, 0.4) is 0 Å². The fourth-order valence-electron chi connectivity index (χ4n) is 4.05. The van der Waals surface area contributed by atoms with Crippen molar-refractivity contribution in [1.29, 1.82) is 0 Å². The second kappa shape index (κ2) is 8.74. The summed E-state index contributed by atoms with van der Waals surface area (Å²) in [5.74, 6) is 0.795. The Hall–Kier alpha value is -2.73. The smallest absolute Gasteiger partial charge is 0.254 e. The lowest BCUT2D eigenvalue weighted by Crippen LogP contribution is -2.48. The Labute approximate surface area is 173 Å². The topological polar surface area (TPSA) is 39.3 Å². The minimum atomic E-state index is 0.0777. The largest absolute Gasteiger partial charge is 0.497 e. The summed E-state index contributed by atoms with van der Waals surface area (Å²) >= 11 is 0. The maximum Gasteiger partial charge on any atom is 0.254 e. The zero-order valence-electron chi connectivity index (χ0n) is 17.4. The van der Waals surface area contributed by atoms with Crippen LogP contribution in [0.2, 0.25) is 0 Å². The highest BCUT2D eigenvalue weighted by Crippen LogP contribution is 2.23. The van der Waals surface area contributed by atoms with Crippen LogP contribution in [0.4, 0.5) is 11.4 Å². The molecule has 6 heteroatoms. The van der Waals surface area contributed by atoms with E-state index in [1.807, 2.05) is 29.2 Å². The number of rotatable bonds is 4. The van der Waals surface area contributed by atoms with Crippen molar-refractivity contribution in [3.05, 3.63) is 54.1 Å². The van der Waals surface area contributed by atoms with Gasteiger partial charge in [0.2, 0.25) is 0 Å². The highest BCUT2D eigenvalue weighted by Gasteiger charge is 2.23. The molecule has 2 aromatic rings. The molecule has 0 N–H and O–H groups in total. The zero-order valence-corrected chi connectivity index (χ0v) is 17.4. The molecule has 4 rings (SSSR count). The third kappa shape index (κ3) is 4.48. The second-order valence-electron chi connectivity index (χ2n) is 7.82. The van der Waals surface area contributed by atoms with E-state index in [1.54, 1.807) is 7.11 Å².